The number of hydrogen-bond acceptors (Lipinski definition) is 6. The summed E-state index contributed by atoms with van der Waals surface area (Å²) in [5.74, 6) is 0.916. The zero-order valence-electron chi connectivity index (χ0n) is 16.9. The lowest BCUT2D eigenvalue weighted by Crippen LogP contribution is -2.07. The molecule has 6 nitrogen and oxygen atoms in total. The SMILES string of the molecule is COc1ccc(-c2nc(S(=O)(=O)c3ccc(Br)cc3)c(NCc3ccc(Cl)cc3)o2)cc1. The van der Waals surface area contributed by atoms with E-state index < -0.39 is 9.84 Å². The Bertz CT molecular complexity index is 1320. The monoisotopic (exact) mass is 532 g/mol. The Morgan fingerprint density at radius 2 is 1.66 bits per heavy atom. The molecule has 9 heteroatoms. The maximum absolute atomic E-state index is 13.4. The van der Waals surface area contributed by atoms with E-state index in [1.54, 1.807) is 55.6 Å². The minimum Gasteiger partial charge on any atom is -0.497 e. The number of oxazole rings is 1. The summed E-state index contributed by atoms with van der Waals surface area (Å²) in [6.07, 6.45) is 0. The van der Waals surface area contributed by atoms with Gasteiger partial charge >= 0.3 is 0 Å². The summed E-state index contributed by atoms with van der Waals surface area (Å²) < 4.78 is 38.5. The summed E-state index contributed by atoms with van der Waals surface area (Å²) in [4.78, 5) is 4.46. The van der Waals surface area contributed by atoms with Crippen molar-refractivity contribution >= 4 is 43.3 Å². The number of benzene rings is 3. The second kappa shape index (κ2) is 9.36. The maximum Gasteiger partial charge on any atom is 0.234 e. The molecule has 1 heterocycles. The molecule has 0 bridgehead atoms. The van der Waals surface area contributed by atoms with Gasteiger partial charge in [-0.2, -0.15) is 4.98 Å². The first-order chi connectivity index (χ1) is 15.4. The molecule has 0 fully saturated rings. The number of sulfone groups is 1. The highest BCUT2D eigenvalue weighted by molar-refractivity contribution is 9.10. The van der Waals surface area contributed by atoms with Crippen molar-refractivity contribution in [3.05, 3.63) is 87.9 Å². The lowest BCUT2D eigenvalue weighted by atomic mass is 10.2. The van der Waals surface area contributed by atoms with Crippen LogP contribution < -0.4 is 10.1 Å². The number of hydrogen-bond donors (Lipinski definition) is 1. The van der Waals surface area contributed by atoms with E-state index in [1.807, 2.05) is 12.1 Å². The quantitative estimate of drug-likeness (QED) is 0.304. The van der Waals surface area contributed by atoms with Gasteiger partial charge in [0.2, 0.25) is 26.6 Å². The van der Waals surface area contributed by atoms with Gasteiger partial charge < -0.3 is 14.5 Å². The van der Waals surface area contributed by atoms with Gasteiger partial charge in [0.25, 0.3) is 0 Å². The van der Waals surface area contributed by atoms with Gasteiger partial charge in [-0.1, -0.05) is 39.7 Å². The molecule has 4 aromatic rings. The van der Waals surface area contributed by atoms with Crippen molar-refractivity contribution in [3.8, 4) is 17.2 Å². The van der Waals surface area contributed by atoms with Gasteiger partial charge in [0, 0.05) is 21.6 Å². The van der Waals surface area contributed by atoms with E-state index in [1.165, 1.54) is 12.1 Å². The molecule has 0 radical (unpaired) electrons. The molecule has 0 spiro atoms. The summed E-state index contributed by atoms with van der Waals surface area (Å²) in [6, 6.07) is 20.6. The highest BCUT2D eigenvalue weighted by Gasteiger charge is 2.28. The summed E-state index contributed by atoms with van der Waals surface area (Å²) in [5.41, 5.74) is 1.53. The van der Waals surface area contributed by atoms with Crippen LogP contribution in [0.3, 0.4) is 0 Å². The molecule has 0 unspecified atom stereocenters. The third kappa shape index (κ3) is 4.82. The fourth-order valence-electron chi connectivity index (χ4n) is 2.97. The second-order valence-electron chi connectivity index (χ2n) is 6.82. The first kappa shape index (κ1) is 22.4. The Morgan fingerprint density at radius 1 is 1.00 bits per heavy atom. The summed E-state index contributed by atoms with van der Waals surface area (Å²) in [5, 5.41) is 3.50. The Morgan fingerprint density at radius 3 is 2.28 bits per heavy atom. The fourth-order valence-corrected chi connectivity index (χ4v) is 4.64. The number of halogens is 2. The van der Waals surface area contributed by atoms with E-state index in [2.05, 4.69) is 26.2 Å². The van der Waals surface area contributed by atoms with Crippen LogP contribution in [0.15, 0.2) is 91.6 Å². The number of anilines is 1. The van der Waals surface area contributed by atoms with E-state index >= 15 is 0 Å². The standard InChI is InChI=1S/C23H18BrClN2O4S/c1-30-19-10-4-16(5-11-19)21-27-23(32(28,29)20-12-6-17(24)7-13-20)22(31-21)26-14-15-2-8-18(25)9-3-15/h2-13,26H,14H2,1H3. The highest BCUT2D eigenvalue weighted by Crippen LogP contribution is 2.33. The second-order valence-corrected chi connectivity index (χ2v) is 10.0. The number of nitrogens with one attached hydrogen (secondary N) is 1. The largest absolute Gasteiger partial charge is 0.497 e. The number of rotatable bonds is 7. The van der Waals surface area contributed by atoms with Crippen LogP contribution in [-0.4, -0.2) is 20.5 Å². The molecule has 164 valence electrons. The fraction of sp³-hybridized carbons (Fsp3) is 0.0870. The van der Waals surface area contributed by atoms with Crippen molar-refractivity contribution in [1.82, 2.24) is 4.98 Å². The predicted molar refractivity (Wildman–Crippen MR) is 127 cm³/mol. The average molecular weight is 534 g/mol. The molecule has 1 N–H and O–H groups in total. The van der Waals surface area contributed by atoms with Gasteiger partial charge in [0.15, 0.2) is 0 Å². The molecule has 3 aromatic carbocycles. The predicted octanol–water partition coefficient (Wildman–Crippen LogP) is 6.21. The van der Waals surface area contributed by atoms with Crippen LogP contribution >= 0.6 is 27.5 Å². The highest BCUT2D eigenvalue weighted by atomic mass is 79.9. The molecule has 0 aliphatic heterocycles. The van der Waals surface area contributed by atoms with Gasteiger partial charge in [0.1, 0.15) is 5.75 Å². The van der Waals surface area contributed by atoms with Gasteiger partial charge in [-0.05, 0) is 66.2 Å². The third-order valence-electron chi connectivity index (χ3n) is 4.68. The zero-order valence-corrected chi connectivity index (χ0v) is 20.0. The van der Waals surface area contributed by atoms with E-state index in [4.69, 9.17) is 20.8 Å². The van der Waals surface area contributed by atoms with Crippen molar-refractivity contribution in [1.29, 1.82) is 0 Å². The number of ether oxygens (including phenoxy) is 1. The van der Waals surface area contributed by atoms with E-state index in [0.29, 0.717) is 22.9 Å². The van der Waals surface area contributed by atoms with Gasteiger partial charge in [-0.25, -0.2) is 8.42 Å². The minimum atomic E-state index is -3.93. The smallest absolute Gasteiger partial charge is 0.234 e. The molecule has 0 saturated carbocycles. The number of aromatic nitrogens is 1. The first-order valence-electron chi connectivity index (χ1n) is 9.51. The average Bonchev–Trinajstić information content (AvgIpc) is 3.24. The van der Waals surface area contributed by atoms with Crippen molar-refractivity contribution in [2.75, 3.05) is 12.4 Å². The lowest BCUT2D eigenvalue weighted by molar-refractivity contribution is 0.415. The molecule has 32 heavy (non-hydrogen) atoms. The van der Waals surface area contributed by atoms with Crippen molar-refractivity contribution in [2.24, 2.45) is 0 Å². The molecular weight excluding hydrogens is 516 g/mol. The lowest BCUT2D eigenvalue weighted by Gasteiger charge is -2.07. The molecule has 0 atom stereocenters. The molecule has 0 amide bonds. The molecule has 1 aromatic heterocycles. The van der Waals surface area contributed by atoms with E-state index in [0.717, 1.165) is 10.0 Å². The van der Waals surface area contributed by atoms with E-state index in [9.17, 15) is 8.42 Å². The van der Waals surface area contributed by atoms with Crippen LogP contribution in [-0.2, 0) is 16.4 Å². The van der Waals surface area contributed by atoms with Gasteiger partial charge in [-0.15, -0.1) is 0 Å². The Hall–Kier alpha value is -2.81. The molecule has 0 saturated heterocycles. The zero-order chi connectivity index (χ0) is 22.7. The Labute approximate surface area is 199 Å². The van der Waals surface area contributed by atoms with Crippen molar-refractivity contribution in [2.45, 2.75) is 16.5 Å². The minimum absolute atomic E-state index is 0.0636. The van der Waals surface area contributed by atoms with Crippen molar-refractivity contribution < 1.29 is 17.6 Å². The molecule has 4 rings (SSSR count). The number of nitrogens with zero attached hydrogens (tertiary/aromatic N) is 1. The molecule has 0 aliphatic carbocycles. The summed E-state index contributed by atoms with van der Waals surface area (Å²) in [6.45, 7) is 0.331. The maximum atomic E-state index is 13.4. The topological polar surface area (TPSA) is 81.4 Å². The number of methoxy groups -OCH3 is 1. The normalized spacial score (nSPS) is 11.3. The Balaban J connectivity index is 1.74. The van der Waals surface area contributed by atoms with Gasteiger partial charge in [0.05, 0.1) is 12.0 Å². The van der Waals surface area contributed by atoms with Crippen LogP contribution in [0.25, 0.3) is 11.5 Å². The van der Waals surface area contributed by atoms with Crippen LogP contribution in [0.2, 0.25) is 5.02 Å². The van der Waals surface area contributed by atoms with Crippen LogP contribution in [0, 0.1) is 0 Å². The van der Waals surface area contributed by atoms with Crippen LogP contribution in [0.4, 0.5) is 5.88 Å². The first-order valence-corrected chi connectivity index (χ1v) is 12.2. The van der Waals surface area contributed by atoms with Crippen molar-refractivity contribution in [3.63, 3.8) is 0 Å². The van der Waals surface area contributed by atoms with Crippen LogP contribution in [0.1, 0.15) is 5.56 Å². The van der Waals surface area contributed by atoms with Gasteiger partial charge in [-0.3, -0.25) is 0 Å². The summed E-state index contributed by atoms with van der Waals surface area (Å²) in [7, 11) is -2.36. The van der Waals surface area contributed by atoms with E-state index in [-0.39, 0.29) is 21.7 Å². The Kier molecular flexibility index (Phi) is 6.55. The molecular formula is C23H18BrClN2O4S. The summed E-state index contributed by atoms with van der Waals surface area (Å²) >= 11 is 9.27. The third-order valence-corrected chi connectivity index (χ3v) is 7.14. The van der Waals surface area contributed by atoms with Crippen LogP contribution in [0.5, 0.6) is 5.75 Å². The molecule has 0 aliphatic rings.